The number of Topliss-reactive ketones (excluding diaryl/α,β-unsaturated/α-hetero) is 1. The van der Waals surface area contributed by atoms with Gasteiger partial charge in [-0.25, -0.2) is 0 Å². The molecule has 0 radical (unpaired) electrons. The largest absolute Gasteiger partial charge is 0.496 e. The van der Waals surface area contributed by atoms with Crippen LogP contribution in [0.3, 0.4) is 0 Å². The van der Waals surface area contributed by atoms with Crippen molar-refractivity contribution in [2.75, 3.05) is 7.11 Å². The molecule has 1 atom stereocenters. The van der Waals surface area contributed by atoms with Crippen molar-refractivity contribution < 1.29 is 14.3 Å². The van der Waals surface area contributed by atoms with Gasteiger partial charge in [-0.05, 0) is 31.5 Å². The maximum Gasteiger partial charge on any atom is 0.251 e. The Hall–Kier alpha value is -1.84. The van der Waals surface area contributed by atoms with E-state index < -0.39 is 6.04 Å². The first-order chi connectivity index (χ1) is 8.49. The zero-order chi connectivity index (χ0) is 13.7. The molecule has 98 valence electrons. The predicted molar refractivity (Wildman–Crippen MR) is 70.0 cm³/mol. The van der Waals surface area contributed by atoms with E-state index in [9.17, 15) is 9.59 Å². The van der Waals surface area contributed by atoms with Crippen LogP contribution in [0.2, 0.25) is 0 Å². The Bertz CT molecular complexity index is 454. The number of ether oxygens (including phenoxy) is 1. The Kier molecular flexibility index (Phi) is 4.89. The second kappa shape index (κ2) is 6.19. The summed E-state index contributed by atoms with van der Waals surface area (Å²) in [6.45, 7) is 5.37. The molecule has 0 saturated carbocycles. The van der Waals surface area contributed by atoms with Crippen molar-refractivity contribution in [1.29, 1.82) is 0 Å². The van der Waals surface area contributed by atoms with Gasteiger partial charge in [0.05, 0.1) is 13.2 Å². The third-order valence-corrected chi connectivity index (χ3v) is 2.85. The van der Waals surface area contributed by atoms with E-state index in [4.69, 9.17) is 4.74 Å². The molecule has 0 aliphatic heterocycles. The normalized spacial score (nSPS) is 11.8. The van der Waals surface area contributed by atoms with E-state index in [1.807, 2.05) is 13.0 Å². The molecule has 4 nitrogen and oxygen atoms in total. The minimum Gasteiger partial charge on any atom is -0.496 e. The summed E-state index contributed by atoms with van der Waals surface area (Å²) in [6, 6.07) is 4.75. The number of amides is 1. The smallest absolute Gasteiger partial charge is 0.251 e. The van der Waals surface area contributed by atoms with Crippen molar-refractivity contribution in [2.45, 2.75) is 33.2 Å². The fourth-order valence-electron chi connectivity index (χ4n) is 1.63. The van der Waals surface area contributed by atoms with Crippen LogP contribution in [0.4, 0.5) is 0 Å². The van der Waals surface area contributed by atoms with E-state index >= 15 is 0 Å². The van der Waals surface area contributed by atoms with E-state index in [0.29, 0.717) is 17.7 Å². The van der Waals surface area contributed by atoms with Crippen LogP contribution < -0.4 is 10.1 Å². The summed E-state index contributed by atoms with van der Waals surface area (Å²) in [5.41, 5.74) is 1.46. The Labute approximate surface area is 107 Å². The molecule has 1 aromatic rings. The molecule has 1 amide bonds. The van der Waals surface area contributed by atoms with Gasteiger partial charge in [0.1, 0.15) is 5.75 Å². The summed E-state index contributed by atoms with van der Waals surface area (Å²) in [5, 5.41) is 2.67. The van der Waals surface area contributed by atoms with Crippen molar-refractivity contribution in [3.8, 4) is 5.75 Å². The highest BCUT2D eigenvalue weighted by Gasteiger charge is 2.15. The SMILES string of the molecule is CCC(=O)C(C)NC(=O)c1ccc(C)c(OC)c1. The number of methoxy groups -OCH3 is 1. The van der Waals surface area contributed by atoms with E-state index in [0.717, 1.165) is 5.56 Å². The third kappa shape index (κ3) is 3.32. The van der Waals surface area contributed by atoms with Gasteiger partial charge in [0.25, 0.3) is 5.91 Å². The number of rotatable bonds is 5. The summed E-state index contributed by atoms with van der Waals surface area (Å²) < 4.78 is 5.16. The number of benzene rings is 1. The number of carbonyl (C=O) groups is 2. The van der Waals surface area contributed by atoms with Crippen LogP contribution in [0, 0.1) is 6.92 Å². The maximum absolute atomic E-state index is 11.9. The third-order valence-electron chi connectivity index (χ3n) is 2.85. The summed E-state index contributed by atoms with van der Waals surface area (Å²) in [6.07, 6.45) is 0.415. The molecular formula is C14H19NO3. The maximum atomic E-state index is 11.9. The molecule has 4 heteroatoms. The molecule has 18 heavy (non-hydrogen) atoms. The van der Waals surface area contributed by atoms with Crippen molar-refractivity contribution in [1.82, 2.24) is 5.32 Å². The number of carbonyl (C=O) groups excluding carboxylic acids is 2. The Morgan fingerprint density at radius 3 is 2.61 bits per heavy atom. The Morgan fingerprint density at radius 1 is 1.39 bits per heavy atom. The molecule has 0 aliphatic rings. The molecular weight excluding hydrogens is 230 g/mol. The van der Waals surface area contributed by atoms with Crippen LogP contribution >= 0.6 is 0 Å². The summed E-state index contributed by atoms with van der Waals surface area (Å²) in [4.78, 5) is 23.4. The average Bonchev–Trinajstić information content (AvgIpc) is 2.37. The zero-order valence-electron chi connectivity index (χ0n) is 11.2. The number of nitrogens with one attached hydrogen (secondary N) is 1. The van der Waals surface area contributed by atoms with E-state index in [2.05, 4.69) is 5.32 Å². The average molecular weight is 249 g/mol. The van der Waals surface area contributed by atoms with Crippen LogP contribution in [-0.4, -0.2) is 24.8 Å². The van der Waals surface area contributed by atoms with Gasteiger partial charge in [0.2, 0.25) is 0 Å². The molecule has 0 saturated heterocycles. The molecule has 0 aliphatic carbocycles. The van der Waals surface area contributed by atoms with Gasteiger partial charge in [-0.2, -0.15) is 0 Å². The lowest BCUT2D eigenvalue weighted by Gasteiger charge is -2.13. The summed E-state index contributed by atoms with van der Waals surface area (Å²) in [5.74, 6) is 0.419. The Balaban J connectivity index is 2.81. The van der Waals surface area contributed by atoms with Crippen LogP contribution in [0.1, 0.15) is 36.2 Å². The molecule has 1 aromatic carbocycles. The zero-order valence-corrected chi connectivity index (χ0v) is 11.2. The number of aryl methyl sites for hydroxylation is 1. The van der Waals surface area contributed by atoms with Crippen molar-refractivity contribution in [2.24, 2.45) is 0 Å². The standard InChI is InChI=1S/C14H19NO3/c1-5-12(16)10(3)15-14(17)11-7-6-9(2)13(8-11)18-4/h6-8,10H,5H2,1-4H3,(H,15,17). The second-order valence-electron chi connectivity index (χ2n) is 4.20. The lowest BCUT2D eigenvalue weighted by atomic mass is 10.1. The van der Waals surface area contributed by atoms with E-state index in [1.54, 1.807) is 33.1 Å². The van der Waals surface area contributed by atoms with Crippen LogP contribution in [0.5, 0.6) is 5.75 Å². The topological polar surface area (TPSA) is 55.4 Å². The van der Waals surface area contributed by atoms with E-state index in [1.165, 1.54) is 0 Å². The molecule has 1 unspecified atom stereocenters. The predicted octanol–water partition coefficient (Wildman–Crippen LogP) is 2.10. The molecule has 0 aromatic heterocycles. The number of hydrogen-bond acceptors (Lipinski definition) is 3. The molecule has 1 N–H and O–H groups in total. The molecule has 0 fully saturated rings. The van der Waals surface area contributed by atoms with Gasteiger partial charge in [-0.1, -0.05) is 13.0 Å². The van der Waals surface area contributed by atoms with Gasteiger partial charge in [-0.15, -0.1) is 0 Å². The Morgan fingerprint density at radius 2 is 2.06 bits per heavy atom. The van der Waals surface area contributed by atoms with Crippen LogP contribution in [0.15, 0.2) is 18.2 Å². The highest BCUT2D eigenvalue weighted by atomic mass is 16.5. The first-order valence-corrected chi connectivity index (χ1v) is 5.97. The van der Waals surface area contributed by atoms with Crippen molar-refractivity contribution in [3.05, 3.63) is 29.3 Å². The van der Waals surface area contributed by atoms with Gasteiger partial charge in [-0.3, -0.25) is 9.59 Å². The fraction of sp³-hybridized carbons (Fsp3) is 0.429. The highest BCUT2D eigenvalue weighted by molar-refractivity contribution is 5.98. The van der Waals surface area contributed by atoms with E-state index in [-0.39, 0.29) is 11.7 Å². The van der Waals surface area contributed by atoms with Crippen molar-refractivity contribution >= 4 is 11.7 Å². The quantitative estimate of drug-likeness (QED) is 0.869. The molecule has 0 bridgehead atoms. The summed E-state index contributed by atoms with van der Waals surface area (Å²) >= 11 is 0. The monoisotopic (exact) mass is 249 g/mol. The van der Waals surface area contributed by atoms with Gasteiger partial charge < -0.3 is 10.1 Å². The van der Waals surface area contributed by atoms with Crippen molar-refractivity contribution in [3.63, 3.8) is 0 Å². The first kappa shape index (κ1) is 14.2. The van der Waals surface area contributed by atoms with Crippen LogP contribution in [0.25, 0.3) is 0 Å². The molecule has 0 heterocycles. The lowest BCUT2D eigenvalue weighted by Crippen LogP contribution is -2.38. The minimum atomic E-state index is -0.463. The lowest BCUT2D eigenvalue weighted by molar-refractivity contribution is -0.120. The van der Waals surface area contributed by atoms with Gasteiger partial charge in [0.15, 0.2) is 5.78 Å². The minimum absolute atomic E-state index is 0.0161. The fourth-order valence-corrected chi connectivity index (χ4v) is 1.63. The number of ketones is 1. The summed E-state index contributed by atoms with van der Waals surface area (Å²) in [7, 11) is 1.56. The second-order valence-corrected chi connectivity index (χ2v) is 4.20. The first-order valence-electron chi connectivity index (χ1n) is 5.97. The number of hydrogen-bond donors (Lipinski definition) is 1. The molecule has 0 spiro atoms. The van der Waals surface area contributed by atoms with Gasteiger partial charge >= 0.3 is 0 Å². The molecule has 1 rings (SSSR count). The highest BCUT2D eigenvalue weighted by Crippen LogP contribution is 2.18. The van der Waals surface area contributed by atoms with Crippen LogP contribution in [-0.2, 0) is 4.79 Å². The van der Waals surface area contributed by atoms with Gasteiger partial charge in [0, 0.05) is 12.0 Å².